The lowest BCUT2D eigenvalue weighted by Gasteiger charge is -2.10. The summed E-state index contributed by atoms with van der Waals surface area (Å²) in [4.78, 5) is 26.1. The van der Waals surface area contributed by atoms with Crippen LogP contribution in [0.3, 0.4) is 0 Å². The molecule has 0 radical (unpaired) electrons. The maximum absolute atomic E-state index is 12.7. The van der Waals surface area contributed by atoms with Gasteiger partial charge in [0.2, 0.25) is 0 Å². The van der Waals surface area contributed by atoms with E-state index >= 15 is 0 Å². The minimum Gasteiger partial charge on any atom is -0.397 e. The van der Waals surface area contributed by atoms with Crippen molar-refractivity contribution in [2.75, 3.05) is 11.1 Å². The molecule has 154 valence electrons. The number of carbonyl (C=O) groups excluding carboxylic acids is 2. The first kappa shape index (κ1) is 20.6. The van der Waals surface area contributed by atoms with Crippen LogP contribution in [0.5, 0.6) is 0 Å². The third-order valence-corrected chi connectivity index (χ3v) is 5.98. The highest BCUT2D eigenvalue weighted by molar-refractivity contribution is 7.13. The molecule has 0 unspecified atom stereocenters. The van der Waals surface area contributed by atoms with Crippen LogP contribution in [0.25, 0.3) is 10.4 Å². The highest BCUT2D eigenvalue weighted by atomic mass is 32.1. The lowest BCUT2D eigenvalue weighted by atomic mass is 10.0. The molecule has 4 nitrogen and oxygen atoms in total. The number of nitrogen functional groups attached to an aromatic ring is 1. The number of ketones is 1. The fraction of sp³-hybridized carbons (Fsp3) is 0.0769. The summed E-state index contributed by atoms with van der Waals surface area (Å²) in [6.07, 6.45) is 1.06. The molecule has 3 aromatic carbocycles. The van der Waals surface area contributed by atoms with Crippen LogP contribution in [-0.2, 0) is 6.42 Å². The molecular formula is C26H22N2O2S. The summed E-state index contributed by atoms with van der Waals surface area (Å²) >= 11 is 1.64. The molecule has 0 aliphatic heterocycles. The molecule has 1 aromatic heterocycles. The van der Waals surface area contributed by atoms with E-state index in [9.17, 15) is 9.59 Å². The molecule has 1 heterocycles. The van der Waals surface area contributed by atoms with Crippen molar-refractivity contribution in [3.63, 3.8) is 0 Å². The first-order chi connectivity index (χ1) is 15.1. The van der Waals surface area contributed by atoms with Crippen molar-refractivity contribution in [2.45, 2.75) is 12.8 Å². The molecular weight excluding hydrogens is 404 g/mol. The average molecular weight is 427 g/mol. The number of nitrogens with one attached hydrogen (secondary N) is 1. The largest absolute Gasteiger partial charge is 0.397 e. The summed E-state index contributed by atoms with van der Waals surface area (Å²) in [7, 11) is 0. The molecule has 0 atom stereocenters. The zero-order valence-electron chi connectivity index (χ0n) is 16.9. The van der Waals surface area contributed by atoms with Crippen LogP contribution in [0.15, 0.2) is 90.3 Å². The molecule has 0 aliphatic carbocycles. The summed E-state index contributed by atoms with van der Waals surface area (Å²) in [5, 5.41) is 4.92. The number of nitrogens with two attached hydrogens (primary N) is 1. The lowest BCUT2D eigenvalue weighted by molar-refractivity contribution is 0.0981. The van der Waals surface area contributed by atoms with Gasteiger partial charge >= 0.3 is 0 Å². The number of rotatable bonds is 7. The van der Waals surface area contributed by atoms with Gasteiger partial charge in [-0.1, -0.05) is 54.6 Å². The molecule has 4 rings (SSSR count). The predicted octanol–water partition coefficient (Wildman–Crippen LogP) is 6.07. The summed E-state index contributed by atoms with van der Waals surface area (Å²) in [6.45, 7) is 0. The second-order valence-electron chi connectivity index (χ2n) is 7.22. The number of carbonyl (C=O) groups is 2. The van der Waals surface area contributed by atoms with E-state index in [1.54, 1.807) is 29.5 Å². The van der Waals surface area contributed by atoms with E-state index in [-0.39, 0.29) is 11.7 Å². The van der Waals surface area contributed by atoms with Crippen LogP contribution in [0.4, 0.5) is 11.4 Å². The third kappa shape index (κ3) is 5.08. The van der Waals surface area contributed by atoms with Gasteiger partial charge in [-0.15, -0.1) is 11.3 Å². The molecule has 0 fully saturated rings. The monoisotopic (exact) mass is 426 g/mol. The SMILES string of the molecule is Nc1ccc(-c2cccs2)cc1NC(=O)c1ccc(CCC(=O)c2ccccc2)cc1. The summed E-state index contributed by atoms with van der Waals surface area (Å²) in [6, 6.07) is 26.3. The van der Waals surface area contributed by atoms with Crippen LogP contribution in [0, 0.1) is 0 Å². The Labute approximate surface area is 185 Å². The number of anilines is 2. The molecule has 0 bridgehead atoms. The Balaban J connectivity index is 1.40. The number of benzene rings is 3. The van der Waals surface area contributed by atoms with Gasteiger partial charge in [-0.2, -0.15) is 0 Å². The fourth-order valence-corrected chi connectivity index (χ4v) is 4.03. The lowest BCUT2D eigenvalue weighted by Crippen LogP contribution is -2.13. The van der Waals surface area contributed by atoms with Gasteiger partial charge in [0.1, 0.15) is 0 Å². The zero-order valence-corrected chi connectivity index (χ0v) is 17.7. The highest BCUT2D eigenvalue weighted by Crippen LogP contribution is 2.30. The Bertz CT molecular complexity index is 1180. The Morgan fingerprint density at radius 3 is 2.32 bits per heavy atom. The van der Waals surface area contributed by atoms with E-state index in [0.717, 1.165) is 21.6 Å². The minimum atomic E-state index is -0.220. The van der Waals surface area contributed by atoms with Crippen LogP contribution in [0.2, 0.25) is 0 Å². The molecule has 4 aromatic rings. The number of aryl methyl sites for hydroxylation is 1. The first-order valence-electron chi connectivity index (χ1n) is 10.0. The van der Waals surface area contributed by atoms with Crippen LogP contribution < -0.4 is 11.1 Å². The van der Waals surface area contributed by atoms with Gasteiger partial charge in [0.25, 0.3) is 5.91 Å². The van der Waals surface area contributed by atoms with E-state index in [1.807, 2.05) is 72.1 Å². The van der Waals surface area contributed by atoms with Crippen molar-refractivity contribution in [1.29, 1.82) is 0 Å². The topological polar surface area (TPSA) is 72.2 Å². The Kier molecular flexibility index (Phi) is 6.24. The van der Waals surface area contributed by atoms with E-state index in [4.69, 9.17) is 5.73 Å². The molecule has 0 spiro atoms. The predicted molar refractivity (Wildman–Crippen MR) is 128 cm³/mol. The van der Waals surface area contributed by atoms with Gasteiger partial charge in [-0.25, -0.2) is 0 Å². The Morgan fingerprint density at radius 2 is 1.61 bits per heavy atom. The van der Waals surface area contributed by atoms with Gasteiger partial charge in [-0.05, 0) is 53.3 Å². The van der Waals surface area contributed by atoms with Gasteiger partial charge in [-0.3, -0.25) is 9.59 Å². The van der Waals surface area contributed by atoms with Crippen molar-refractivity contribution in [2.24, 2.45) is 0 Å². The molecule has 3 N–H and O–H groups in total. The highest BCUT2D eigenvalue weighted by Gasteiger charge is 2.11. The van der Waals surface area contributed by atoms with Crippen LogP contribution in [-0.4, -0.2) is 11.7 Å². The smallest absolute Gasteiger partial charge is 0.255 e. The zero-order chi connectivity index (χ0) is 21.6. The molecule has 0 saturated heterocycles. The molecule has 5 heteroatoms. The maximum Gasteiger partial charge on any atom is 0.255 e. The Morgan fingerprint density at radius 1 is 0.839 bits per heavy atom. The van der Waals surface area contributed by atoms with Crippen molar-refractivity contribution in [3.05, 3.63) is 107 Å². The van der Waals surface area contributed by atoms with Gasteiger partial charge in [0, 0.05) is 22.4 Å². The molecule has 1 amide bonds. The number of hydrogen-bond donors (Lipinski definition) is 2. The van der Waals surface area contributed by atoms with E-state index in [2.05, 4.69) is 5.32 Å². The second-order valence-corrected chi connectivity index (χ2v) is 8.17. The quantitative estimate of drug-likeness (QED) is 0.278. The van der Waals surface area contributed by atoms with E-state index < -0.39 is 0 Å². The minimum absolute atomic E-state index is 0.114. The van der Waals surface area contributed by atoms with Crippen molar-refractivity contribution >= 4 is 34.4 Å². The summed E-state index contributed by atoms with van der Waals surface area (Å²) < 4.78 is 0. The number of thiophene rings is 1. The summed E-state index contributed by atoms with van der Waals surface area (Å²) in [5.74, 6) is -0.106. The third-order valence-electron chi connectivity index (χ3n) is 5.06. The van der Waals surface area contributed by atoms with Crippen molar-refractivity contribution < 1.29 is 9.59 Å². The normalized spacial score (nSPS) is 10.6. The van der Waals surface area contributed by atoms with E-state index in [0.29, 0.717) is 29.8 Å². The molecule has 31 heavy (non-hydrogen) atoms. The maximum atomic E-state index is 12.7. The Hall–Kier alpha value is -3.70. The van der Waals surface area contributed by atoms with Gasteiger partial charge < -0.3 is 11.1 Å². The number of hydrogen-bond acceptors (Lipinski definition) is 4. The summed E-state index contributed by atoms with van der Waals surface area (Å²) in [5.41, 5.74) is 10.5. The number of amides is 1. The average Bonchev–Trinajstić information content (AvgIpc) is 3.35. The first-order valence-corrected chi connectivity index (χ1v) is 10.9. The van der Waals surface area contributed by atoms with Crippen molar-refractivity contribution in [1.82, 2.24) is 0 Å². The second kappa shape index (κ2) is 9.41. The fourth-order valence-electron chi connectivity index (χ4n) is 3.30. The van der Waals surface area contributed by atoms with Gasteiger partial charge in [0.15, 0.2) is 5.78 Å². The van der Waals surface area contributed by atoms with Gasteiger partial charge in [0.05, 0.1) is 11.4 Å². The van der Waals surface area contributed by atoms with E-state index in [1.165, 1.54) is 0 Å². The number of Topliss-reactive ketones (excluding diaryl/α,β-unsaturated/α-hetero) is 1. The standard InChI is InChI=1S/C26H22N2O2S/c27-22-14-13-21(25-7-4-16-31-25)17-23(22)28-26(30)20-11-8-18(9-12-20)10-15-24(29)19-5-2-1-3-6-19/h1-9,11-14,16-17H,10,15,27H2,(H,28,30). The molecule has 0 aliphatic rings. The van der Waals surface area contributed by atoms with Crippen LogP contribution >= 0.6 is 11.3 Å². The molecule has 0 saturated carbocycles. The van der Waals surface area contributed by atoms with Crippen molar-refractivity contribution in [3.8, 4) is 10.4 Å². The van der Waals surface area contributed by atoms with Crippen LogP contribution in [0.1, 0.15) is 32.7 Å².